The van der Waals surface area contributed by atoms with Crippen LogP contribution < -0.4 is 5.32 Å². The third kappa shape index (κ3) is 8.04. The number of amides is 2. The van der Waals surface area contributed by atoms with Gasteiger partial charge < -0.3 is 10.2 Å². The van der Waals surface area contributed by atoms with Crippen LogP contribution in [0.25, 0.3) is 0 Å². The molecule has 1 N–H and O–H groups in total. The summed E-state index contributed by atoms with van der Waals surface area (Å²) < 4.78 is 14.3. The molecule has 1 unspecified atom stereocenters. The maximum absolute atomic E-state index is 14.3. The molecule has 33 heavy (non-hydrogen) atoms. The molecule has 1 aliphatic carbocycles. The van der Waals surface area contributed by atoms with Gasteiger partial charge in [0.25, 0.3) is 0 Å². The summed E-state index contributed by atoms with van der Waals surface area (Å²) in [6.07, 6.45) is 6.34. The van der Waals surface area contributed by atoms with Crippen molar-refractivity contribution in [1.82, 2.24) is 10.2 Å². The van der Waals surface area contributed by atoms with E-state index in [4.69, 9.17) is 11.6 Å². The first-order chi connectivity index (χ1) is 15.9. The van der Waals surface area contributed by atoms with Crippen molar-refractivity contribution in [2.45, 2.75) is 75.4 Å². The minimum atomic E-state index is -0.664. The molecule has 0 heterocycles. The van der Waals surface area contributed by atoms with Crippen LogP contribution in [-0.2, 0) is 16.1 Å². The number of hydrogen-bond donors (Lipinski definition) is 1. The van der Waals surface area contributed by atoms with E-state index >= 15 is 0 Å². The lowest BCUT2D eigenvalue weighted by atomic mass is 9.95. The quantitative estimate of drug-likeness (QED) is 0.318. The molecule has 1 fully saturated rings. The molecule has 0 radical (unpaired) electrons. The SMILES string of the molecule is CC(C(=O)NC1CCCCC1)N(Cc1ccccc1F)C(=O)CCCSc1ccc(Cl)cc1. The Morgan fingerprint density at radius 1 is 1.12 bits per heavy atom. The Morgan fingerprint density at radius 3 is 2.52 bits per heavy atom. The Hall–Kier alpha value is -2.05. The third-order valence-electron chi connectivity index (χ3n) is 6.03. The highest BCUT2D eigenvalue weighted by Gasteiger charge is 2.28. The van der Waals surface area contributed by atoms with Gasteiger partial charge in [0.15, 0.2) is 0 Å². The van der Waals surface area contributed by atoms with Crippen molar-refractivity contribution in [3.05, 3.63) is 64.9 Å². The molecule has 178 valence electrons. The highest BCUT2D eigenvalue weighted by molar-refractivity contribution is 7.99. The van der Waals surface area contributed by atoms with E-state index in [2.05, 4.69) is 5.32 Å². The van der Waals surface area contributed by atoms with Gasteiger partial charge in [0, 0.05) is 34.5 Å². The normalized spacial score (nSPS) is 15.1. The van der Waals surface area contributed by atoms with Crippen LogP contribution in [0.5, 0.6) is 0 Å². The lowest BCUT2D eigenvalue weighted by Gasteiger charge is -2.31. The zero-order valence-electron chi connectivity index (χ0n) is 19.1. The van der Waals surface area contributed by atoms with Crippen LogP contribution in [0.3, 0.4) is 0 Å². The monoisotopic (exact) mass is 490 g/mol. The Balaban J connectivity index is 1.60. The molecule has 1 aliphatic rings. The van der Waals surface area contributed by atoms with Crippen molar-refractivity contribution in [1.29, 1.82) is 0 Å². The van der Waals surface area contributed by atoms with E-state index in [0.29, 0.717) is 23.4 Å². The van der Waals surface area contributed by atoms with Crippen LogP contribution in [0.1, 0.15) is 57.4 Å². The van der Waals surface area contributed by atoms with Gasteiger partial charge in [0.2, 0.25) is 11.8 Å². The van der Waals surface area contributed by atoms with E-state index < -0.39 is 6.04 Å². The lowest BCUT2D eigenvalue weighted by molar-refractivity contribution is -0.141. The Kier molecular flexibility index (Phi) is 10.1. The minimum absolute atomic E-state index is 0.0785. The van der Waals surface area contributed by atoms with E-state index in [9.17, 15) is 14.0 Å². The van der Waals surface area contributed by atoms with Crippen LogP contribution in [0.4, 0.5) is 4.39 Å². The number of carbonyl (C=O) groups is 2. The van der Waals surface area contributed by atoms with Crippen LogP contribution in [-0.4, -0.2) is 34.6 Å². The summed E-state index contributed by atoms with van der Waals surface area (Å²) in [7, 11) is 0. The largest absolute Gasteiger partial charge is 0.352 e. The van der Waals surface area contributed by atoms with Crippen LogP contribution >= 0.6 is 23.4 Å². The van der Waals surface area contributed by atoms with Crippen molar-refractivity contribution in [2.24, 2.45) is 0 Å². The number of halogens is 2. The van der Waals surface area contributed by atoms with E-state index in [-0.39, 0.29) is 30.2 Å². The van der Waals surface area contributed by atoms with Crippen molar-refractivity contribution in [3.63, 3.8) is 0 Å². The standard InChI is InChI=1S/C26H32ClFN2O2S/c1-19(26(32)29-22-9-3-2-4-10-22)30(18-20-8-5-6-11-24(20)28)25(31)12-7-17-33-23-15-13-21(27)14-16-23/h5-6,8,11,13-16,19,22H,2-4,7,9-10,12,17-18H2,1H3,(H,29,32). The van der Waals surface area contributed by atoms with E-state index in [1.54, 1.807) is 36.9 Å². The second-order valence-electron chi connectivity index (χ2n) is 8.54. The summed E-state index contributed by atoms with van der Waals surface area (Å²) in [6, 6.07) is 13.5. The minimum Gasteiger partial charge on any atom is -0.352 e. The average Bonchev–Trinajstić information content (AvgIpc) is 2.82. The predicted octanol–water partition coefficient (Wildman–Crippen LogP) is 6.22. The Bertz CT molecular complexity index is 919. The first kappa shape index (κ1) is 25.6. The fourth-order valence-electron chi connectivity index (χ4n) is 4.05. The summed E-state index contributed by atoms with van der Waals surface area (Å²) in [6.45, 7) is 1.81. The van der Waals surface area contributed by atoms with Crippen molar-refractivity contribution in [2.75, 3.05) is 5.75 Å². The molecular formula is C26H32ClFN2O2S. The van der Waals surface area contributed by atoms with Gasteiger partial charge in [-0.25, -0.2) is 4.39 Å². The molecule has 0 bridgehead atoms. The number of nitrogens with one attached hydrogen (secondary N) is 1. The summed E-state index contributed by atoms with van der Waals surface area (Å²) in [5, 5.41) is 3.80. The molecule has 7 heteroatoms. The molecule has 0 spiro atoms. The van der Waals surface area contributed by atoms with Crippen molar-refractivity contribution >= 4 is 35.2 Å². The van der Waals surface area contributed by atoms with Gasteiger partial charge >= 0.3 is 0 Å². The number of hydrogen-bond acceptors (Lipinski definition) is 3. The summed E-state index contributed by atoms with van der Waals surface area (Å²) >= 11 is 7.58. The topological polar surface area (TPSA) is 49.4 Å². The zero-order valence-corrected chi connectivity index (χ0v) is 20.6. The van der Waals surface area contributed by atoms with Crippen LogP contribution in [0.15, 0.2) is 53.4 Å². The summed E-state index contributed by atoms with van der Waals surface area (Å²) in [5.41, 5.74) is 0.415. The molecule has 2 aromatic rings. The van der Waals surface area contributed by atoms with Gasteiger partial charge in [-0.05, 0) is 62.3 Å². The Morgan fingerprint density at radius 2 is 1.82 bits per heavy atom. The first-order valence-electron chi connectivity index (χ1n) is 11.7. The second kappa shape index (κ2) is 13.0. The third-order valence-corrected chi connectivity index (χ3v) is 7.39. The van der Waals surface area contributed by atoms with E-state index in [0.717, 1.165) is 36.3 Å². The molecule has 1 atom stereocenters. The highest BCUT2D eigenvalue weighted by Crippen LogP contribution is 2.23. The predicted molar refractivity (Wildman–Crippen MR) is 133 cm³/mol. The molecule has 2 amide bonds. The van der Waals surface area contributed by atoms with Crippen molar-refractivity contribution < 1.29 is 14.0 Å². The van der Waals surface area contributed by atoms with Gasteiger partial charge in [-0.2, -0.15) is 0 Å². The van der Waals surface area contributed by atoms with E-state index in [1.807, 2.05) is 24.3 Å². The van der Waals surface area contributed by atoms with Gasteiger partial charge in [-0.15, -0.1) is 11.8 Å². The molecule has 3 rings (SSSR count). The molecule has 2 aromatic carbocycles. The van der Waals surface area contributed by atoms with Crippen LogP contribution in [0, 0.1) is 5.82 Å². The molecular weight excluding hydrogens is 459 g/mol. The molecule has 4 nitrogen and oxygen atoms in total. The van der Waals surface area contributed by atoms with Gasteiger partial charge in [0.05, 0.1) is 0 Å². The van der Waals surface area contributed by atoms with E-state index in [1.165, 1.54) is 17.4 Å². The lowest BCUT2D eigenvalue weighted by Crippen LogP contribution is -2.50. The smallest absolute Gasteiger partial charge is 0.242 e. The second-order valence-corrected chi connectivity index (χ2v) is 10.1. The Labute approximate surface area is 205 Å². The van der Waals surface area contributed by atoms with Gasteiger partial charge in [0.1, 0.15) is 11.9 Å². The first-order valence-corrected chi connectivity index (χ1v) is 13.0. The molecule has 1 saturated carbocycles. The summed E-state index contributed by atoms with van der Waals surface area (Å²) in [5.74, 6) is 0.0979. The maximum atomic E-state index is 14.3. The fourth-order valence-corrected chi connectivity index (χ4v) is 5.03. The maximum Gasteiger partial charge on any atom is 0.242 e. The van der Waals surface area contributed by atoms with Crippen molar-refractivity contribution in [3.8, 4) is 0 Å². The number of rotatable bonds is 10. The molecule has 0 aliphatic heterocycles. The molecule has 0 aromatic heterocycles. The number of nitrogens with zero attached hydrogens (tertiary/aromatic N) is 1. The number of thioether (sulfide) groups is 1. The van der Waals surface area contributed by atoms with Gasteiger partial charge in [-0.1, -0.05) is 49.1 Å². The average molecular weight is 491 g/mol. The summed E-state index contributed by atoms with van der Waals surface area (Å²) in [4.78, 5) is 28.7. The number of benzene rings is 2. The number of carbonyl (C=O) groups excluding carboxylic acids is 2. The van der Waals surface area contributed by atoms with Gasteiger partial charge in [-0.3, -0.25) is 9.59 Å². The van der Waals surface area contributed by atoms with Crippen LogP contribution in [0.2, 0.25) is 5.02 Å². The highest BCUT2D eigenvalue weighted by atomic mass is 35.5. The zero-order chi connectivity index (χ0) is 23.6. The fraction of sp³-hybridized carbons (Fsp3) is 0.462. The molecule has 0 saturated heterocycles.